The lowest BCUT2D eigenvalue weighted by atomic mass is 9.80. The van der Waals surface area contributed by atoms with Crippen molar-refractivity contribution in [1.82, 2.24) is 0 Å². The van der Waals surface area contributed by atoms with Crippen LogP contribution in [0, 0.1) is 23.7 Å². The maximum Gasteiger partial charge on any atom is 0.488 e. The molecule has 108 valence electrons. The van der Waals surface area contributed by atoms with Gasteiger partial charge in [0.2, 0.25) is 0 Å². The molecule has 2 N–H and O–H groups in total. The lowest BCUT2D eigenvalue weighted by molar-refractivity contribution is -0.134. The number of hydrogen-bond donors (Lipinski definition) is 2. The molecule has 1 aromatic rings. The van der Waals surface area contributed by atoms with Crippen molar-refractivity contribution in [1.29, 1.82) is 0 Å². The zero-order valence-electron chi connectivity index (χ0n) is 11.9. The first-order valence-corrected chi connectivity index (χ1v) is 6.76. The summed E-state index contributed by atoms with van der Waals surface area (Å²) in [6.07, 6.45) is 2.42. The van der Waals surface area contributed by atoms with Crippen LogP contribution < -0.4 is 10.2 Å². The van der Waals surface area contributed by atoms with E-state index in [1.807, 2.05) is 6.92 Å². The maximum atomic E-state index is 11.5. The smallest absolute Gasteiger partial charge is 0.427 e. The monoisotopic (exact) mass is 284 g/mol. The van der Waals surface area contributed by atoms with Crippen LogP contribution in [-0.2, 0) is 4.79 Å². The number of carbonyl (C=O) groups is 1. The second-order valence-corrected chi connectivity index (χ2v) is 4.27. The Bertz CT molecular complexity index is 570. The molecular formula is C16H17BO4. The summed E-state index contributed by atoms with van der Waals surface area (Å²) in [6, 6.07) is 5.98. The van der Waals surface area contributed by atoms with Crippen LogP contribution >= 0.6 is 0 Å². The summed E-state index contributed by atoms with van der Waals surface area (Å²) < 4.78 is 5.09. The molecule has 0 spiro atoms. The minimum absolute atomic E-state index is 0.187. The first-order chi connectivity index (χ1) is 10.1. The highest BCUT2D eigenvalue weighted by Crippen LogP contribution is 2.09. The minimum atomic E-state index is -1.53. The Labute approximate surface area is 125 Å². The van der Waals surface area contributed by atoms with E-state index in [-0.39, 0.29) is 12.4 Å². The average molecular weight is 284 g/mol. The topological polar surface area (TPSA) is 66.8 Å². The number of rotatable bonds is 5. The van der Waals surface area contributed by atoms with Crippen molar-refractivity contribution < 1.29 is 19.6 Å². The van der Waals surface area contributed by atoms with Crippen molar-refractivity contribution >= 4 is 18.6 Å². The van der Waals surface area contributed by atoms with E-state index in [9.17, 15) is 4.79 Å². The summed E-state index contributed by atoms with van der Waals surface area (Å²) >= 11 is 0. The highest BCUT2D eigenvalue weighted by Gasteiger charge is 2.10. The van der Waals surface area contributed by atoms with Crippen LogP contribution in [0.25, 0.3) is 0 Å². The van der Waals surface area contributed by atoms with E-state index in [2.05, 4.69) is 23.7 Å². The first kappa shape index (κ1) is 16.8. The molecule has 0 amide bonds. The summed E-state index contributed by atoms with van der Waals surface area (Å²) in [6.45, 7) is 2.05. The normalized spacial score (nSPS) is 8.90. The van der Waals surface area contributed by atoms with Gasteiger partial charge in [-0.05, 0) is 35.9 Å². The number of unbranched alkanes of at least 4 members (excludes halogenated alkanes) is 1. The summed E-state index contributed by atoms with van der Waals surface area (Å²) in [5, 5.41) is 17.9. The van der Waals surface area contributed by atoms with Crippen molar-refractivity contribution in [2.45, 2.75) is 32.6 Å². The molecule has 0 atom stereocenters. The number of esters is 1. The number of hydrogen-bond acceptors (Lipinski definition) is 4. The van der Waals surface area contributed by atoms with Gasteiger partial charge >= 0.3 is 13.1 Å². The molecule has 0 aromatic heterocycles. The second kappa shape index (κ2) is 9.66. The Morgan fingerprint density at radius 1 is 1.14 bits per heavy atom. The fourth-order valence-electron chi connectivity index (χ4n) is 1.39. The first-order valence-electron chi connectivity index (χ1n) is 6.76. The maximum absolute atomic E-state index is 11.5. The molecule has 5 heteroatoms. The summed E-state index contributed by atoms with van der Waals surface area (Å²) in [5.41, 5.74) is 0.339. The van der Waals surface area contributed by atoms with Crippen LogP contribution in [0.3, 0.4) is 0 Å². The van der Waals surface area contributed by atoms with Crippen molar-refractivity contribution in [2.75, 3.05) is 0 Å². The fraction of sp³-hybridized carbons (Fsp3) is 0.312. The van der Waals surface area contributed by atoms with Gasteiger partial charge in [0.1, 0.15) is 5.75 Å². The second-order valence-electron chi connectivity index (χ2n) is 4.27. The van der Waals surface area contributed by atoms with Crippen LogP contribution in [0.2, 0.25) is 0 Å². The van der Waals surface area contributed by atoms with E-state index in [0.717, 1.165) is 12.8 Å². The molecule has 0 aliphatic rings. The van der Waals surface area contributed by atoms with Crippen LogP contribution in [0.5, 0.6) is 5.75 Å². The highest BCUT2D eigenvalue weighted by atomic mass is 16.5. The molecule has 1 rings (SSSR count). The molecule has 0 aliphatic heterocycles. The van der Waals surface area contributed by atoms with Crippen molar-refractivity contribution in [2.24, 2.45) is 0 Å². The van der Waals surface area contributed by atoms with Gasteiger partial charge in [-0.3, -0.25) is 4.79 Å². The van der Waals surface area contributed by atoms with Gasteiger partial charge in [0.05, 0.1) is 6.42 Å². The number of ether oxygens (including phenoxy) is 1. The number of carbonyl (C=O) groups excluding carboxylic acids is 1. The standard InChI is InChI=1S/C16H17BO4/c1-2-3-4-5-6-7-8-9-16(18)21-15-12-10-14(11-13-15)17(19)20/h10-13,19-20H,2-3,8-9H2,1H3. The average Bonchev–Trinajstić information content (AvgIpc) is 2.47. The van der Waals surface area contributed by atoms with Gasteiger partial charge in [0, 0.05) is 12.8 Å². The molecule has 0 saturated heterocycles. The Hall–Kier alpha value is -2.21. The predicted octanol–water partition coefficient (Wildman–Crippen LogP) is 0.859. The zero-order valence-corrected chi connectivity index (χ0v) is 11.9. The minimum Gasteiger partial charge on any atom is -0.427 e. The van der Waals surface area contributed by atoms with Gasteiger partial charge in [0.15, 0.2) is 0 Å². The Balaban J connectivity index is 2.35. The van der Waals surface area contributed by atoms with Gasteiger partial charge in [-0.25, -0.2) is 0 Å². The molecule has 0 heterocycles. The van der Waals surface area contributed by atoms with Crippen molar-refractivity contribution in [3.63, 3.8) is 0 Å². The Morgan fingerprint density at radius 3 is 2.33 bits per heavy atom. The number of benzene rings is 1. The molecule has 0 unspecified atom stereocenters. The summed E-state index contributed by atoms with van der Waals surface area (Å²) in [4.78, 5) is 11.5. The van der Waals surface area contributed by atoms with Gasteiger partial charge in [-0.1, -0.05) is 30.9 Å². The van der Waals surface area contributed by atoms with Crippen LogP contribution in [-0.4, -0.2) is 23.1 Å². The molecule has 1 aromatic carbocycles. The molecule has 4 nitrogen and oxygen atoms in total. The zero-order chi connectivity index (χ0) is 15.5. The van der Waals surface area contributed by atoms with E-state index < -0.39 is 7.12 Å². The van der Waals surface area contributed by atoms with Crippen molar-refractivity contribution in [3.05, 3.63) is 24.3 Å². The highest BCUT2D eigenvalue weighted by molar-refractivity contribution is 6.58. The van der Waals surface area contributed by atoms with Gasteiger partial charge in [0.25, 0.3) is 0 Å². The van der Waals surface area contributed by atoms with Crippen LogP contribution in [0.15, 0.2) is 24.3 Å². The van der Waals surface area contributed by atoms with Crippen molar-refractivity contribution in [3.8, 4) is 29.4 Å². The largest absolute Gasteiger partial charge is 0.488 e. The third-order valence-corrected chi connectivity index (χ3v) is 2.48. The molecular weight excluding hydrogens is 267 g/mol. The van der Waals surface area contributed by atoms with E-state index in [1.165, 1.54) is 24.3 Å². The molecule has 0 bridgehead atoms. The van der Waals surface area contributed by atoms with Gasteiger partial charge < -0.3 is 14.8 Å². The summed E-state index contributed by atoms with van der Waals surface area (Å²) in [7, 11) is -1.53. The lowest BCUT2D eigenvalue weighted by Gasteiger charge is -2.04. The van der Waals surface area contributed by atoms with Gasteiger partial charge in [-0.2, -0.15) is 0 Å². The van der Waals surface area contributed by atoms with Crippen LogP contribution in [0.1, 0.15) is 32.6 Å². The van der Waals surface area contributed by atoms with Gasteiger partial charge in [-0.15, -0.1) is 0 Å². The Morgan fingerprint density at radius 2 is 1.76 bits per heavy atom. The quantitative estimate of drug-likeness (QED) is 0.364. The van der Waals surface area contributed by atoms with E-state index in [0.29, 0.717) is 17.6 Å². The van der Waals surface area contributed by atoms with E-state index >= 15 is 0 Å². The predicted molar refractivity (Wildman–Crippen MR) is 81.6 cm³/mol. The Kier molecular flexibility index (Phi) is 7.75. The lowest BCUT2D eigenvalue weighted by Crippen LogP contribution is -2.29. The SMILES string of the molecule is CCCC#CC#CCCC(=O)Oc1ccc(B(O)O)cc1. The summed E-state index contributed by atoms with van der Waals surface area (Å²) in [5.74, 6) is 11.1. The fourth-order valence-corrected chi connectivity index (χ4v) is 1.39. The van der Waals surface area contributed by atoms with Crippen LogP contribution in [0.4, 0.5) is 0 Å². The molecule has 0 aliphatic carbocycles. The molecule has 0 saturated carbocycles. The van der Waals surface area contributed by atoms with E-state index in [4.69, 9.17) is 14.8 Å². The third kappa shape index (κ3) is 7.22. The van der Waals surface area contributed by atoms with E-state index in [1.54, 1.807) is 0 Å². The molecule has 21 heavy (non-hydrogen) atoms. The third-order valence-electron chi connectivity index (χ3n) is 2.48. The molecule has 0 radical (unpaired) electrons. The molecule has 0 fully saturated rings.